The Morgan fingerprint density at radius 3 is 2.13 bits per heavy atom. The molecular weight excluding hydrogens is 426 g/mol. The number of hydrogen-bond donors (Lipinski definition) is 0. The number of Topliss-reactive ketones (excluding diaryl/α,β-unsaturated/α-hetero) is 1. The summed E-state index contributed by atoms with van der Waals surface area (Å²) in [5.41, 5.74) is -0.455. The predicted octanol–water partition coefficient (Wildman–Crippen LogP) is 5.01. The van der Waals surface area contributed by atoms with Gasteiger partial charge in [0.25, 0.3) is 0 Å². The largest absolute Gasteiger partial charge is 0.451 e. The molecule has 2 aromatic carbocycles. The van der Waals surface area contributed by atoms with Gasteiger partial charge in [0.05, 0.1) is 18.8 Å². The van der Waals surface area contributed by atoms with Gasteiger partial charge in [0.15, 0.2) is 17.4 Å². The van der Waals surface area contributed by atoms with E-state index in [0.717, 1.165) is 6.08 Å². The summed E-state index contributed by atoms with van der Waals surface area (Å²) in [5.74, 6) is -7.81. The zero-order valence-electron chi connectivity index (χ0n) is 16.1. The maximum absolute atomic E-state index is 14.4. The quantitative estimate of drug-likeness (QED) is 0.356. The summed E-state index contributed by atoms with van der Waals surface area (Å²) in [6.45, 7) is 4.15. The molecule has 162 valence electrons. The molecule has 0 spiro atoms. The number of hydrogen-bond acceptors (Lipinski definition) is 4. The van der Waals surface area contributed by atoms with E-state index >= 15 is 0 Å². The normalized spacial score (nSPS) is 14.6. The number of ketones is 1. The topological polar surface area (TPSA) is 38.8 Å². The molecular formula is C21H20ClF4NO3. The fourth-order valence-corrected chi connectivity index (χ4v) is 2.84. The van der Waals surface area contributed by atoms with Crippen molar-refractivity contribution in [2.24, 2.45) is 0 Å². The second kappa shape index (κ2) is 10.6. The fraction of sp³-hybridized carbons (Fsp3) is 0.286. The first-order valence-corrected chi connectivity index (χ1v) is 9.00. The third kappa shape index (κ3) is 5.38. The average molecular weight is 446 g/mol. The van der Waals surface area contributed by atoms with Crippen LogP contribution in [0.3, 0.4) is 0 Å². The van der Waals surface area contributed by atoms with Crippen molar-refractivity contribution in [1.29, 1.82) is 0 Å². The Balaban J connectivity index is 0.00000320. The zero-order valence-corrected chi connectivity index (χ0v) is 16.9. The van der Waals surface area contributed by atoms with Crippen LogP contribution >= 0.6 is 12.4 Å². The van der Waals surface area contributed by atoms with Gasteiger partial charge < -0.3 is 9.47 Å². The lowest BCUT2D eigenvalue weighted by atomic mass is 10.1. The van der Waals surface area contributed by atoms with Crippen LogP contribution in [0.1, 0.15) is 22.8 Å². The Bertz CT molecular complexity index is 900. The lowest BCUT2D eigenvalue weighted by molar-refractivity contribution is 0.0435. The summed E-state index contributed by atoms with van der Waals surface area (Å²) in [4.78, 5) is 13.2. The monoisotopic (exact) mass is 445 g/mol. The minimum Gasteiger partial charge on any atom is -0.451 e. The smallest absolute Gasteiger partial charge is 0.205 e. The fourth-order valence-electron chi connectivity index (χ4n) is 2.84. The van der Waals surface area contributed by atoms with E-state index in [1.807, 2.05) is 4.90 Å². The van der Waals surface area contributed by atoms with Crippen LogP contribution in [0, 0.1) is 23.3 Å². The molecule has 1 aliphatic heterocycles. The maximum atomic E-state index is 14.4. The van der Waals surface area contributed by atoms with Crippen LogP contribution < -0.4 is 4.74 Å². The SMILES string of the molecule is CC(=O)c1ccc(Oc2c(F)c(F)c(C=CCN3CCOCC3)c(F)c2F)cc1.Cl. The molecule has 0 amide bonds. The number of carbonyl (C=O) groups is 1. The first-order chi connectivity index (χ1) is 13.9. The molecule has 3 rings (SSSR count). The van der Waals surface area contributed by atoms with Crippen LogP contribution in [0.4, 0.5) is 17.6 Å². The number of ether oxygens (including phenoxy) is 2. The second-order valence-electron chi connectivity index (χ2n) is 6.50. The molecule has 0 aliphatic carbocycles. The van der Waals surface area contributed by atoms with E-state index < -0.39 is 34.6 Å². The summed E-state index contributed by atoms with van der Waals surface area (Å²) >= 11 is 0. The molecule has 30 heavy (non-hydrogen) atoms. The van der Waals surface area contributed by atoms with Crippen molar-refractivity contribution in [2.45, 2.75) is 6.92 Å². The lowest BCUT2D eigenvalue weighted by Crippen LogP contribution is -2.36. The van der Waals surface area contributed by atoms with Gasteiger partial charge in [-0.05, 0) is 31.2 Å². The van der Waals surface area contributed by atoms with Gasteiger partial charge in [-0.15, -0.1) is 12.4 Å². The van der Waals surface area contributed by atoms with Crippen molar-refractivity contribution in [3.05, 3.63) is 64.7 Å². The van der Waals surface area contributed by atoms with E-state index in [9.17, 15) is 22.4 Å². The van der Waals surface area contributed by atoms with E-state index in [0.29, 0.717) is 38.4 Å². The maximum Gasteiger partial charge on any atom is 0.205 e. The van der Waals surface area contributed by atoms with E-state index in [1.54, 1.807) is 0 Å². The van der Waals surface area contributed by atoms with Gasteiger partial charge >= 0.3 is 0 Å². The molecule has 1 heterocycles. The van der Waals surface area contributed by atoms with Crippen molar-refractivity contribution in [1.82, 2.24) is 4.90 Å². The van der Waals surface area contributed by atoms with Crippen molar-refractivity contribution in [3.63, 3.8) is 0 Å². The zero-order chi connectivity index (χ0) is 21.0. The highest BCUT2D eigenvalue weighted by Crippen LogP contribution is 2.34. The number of rotatable bonds is 6. The van der Waals surface area contributed by atoms with Gasteiger partial charge in [0.1, 0.15) is 5.75 Å². The number of benzene rings is 2. The Morgan fingerprint density at radius 1 is 1.03 bits per heavy atom. The molecule has 0 radical (unpaired) electrons. The Labute approximate surface area is 177 Å². The minimum atomic E-state index is -1.63. The van der Waals surface area contributed by atoms with Crippen molar-refractivity contribution < 1.29 is 31.8 Å². The van der Waals surface area contributed by atoms with Gasteiger partial charge in [0.2, 0.25) is 17.4 Å². The molecule has 0 saturated carbocycles. The Kier molecular flexibility index (Phi) is 8.40. The molecule has 0 atom stereocenters. The number of carbonyl (C=O) groups excluding carboxylic acids is 1. The van der Waals surface area contributed by atoms with Crippen molar-refractivity contribution in [3.8, 4) is 11.5 Å². The van der Waals surface area contributed by atoms with Gasteiger partial charge in [-0.1, -0.05) is 12.2 Å². The average Bonchev–Trinajstić information content (AvgIpc) is 2.73. The highest BCUT2D eigenvalue weighted by atomic mass is 35.5. The predicted molar refractivity (Wildman–Crippen MR) is 106 cm³/mol. The van der Waals surface area contributed by atoms with E-state index in [1.165, 1.54) is 37.3 Å². The molecule has 0 N–H and O–H groups in total. The summed E-state index contributed by atoms with van der Waals surface area (Å²) < 4.78 is 67.6. The van der Waals surface area contributed by atoms with E-state index in [4.69, 9.17) is 9.47 Å². The first kappa shape index (κ1) is 23.9. The minimum absolute atomic E-state index is 0. The molecule has 4 nitrogen and oxygen atoms in total. The van der Waals surface area contributed by atoms with Gasteiger partial charge in [0, 0.05) is 25.2 Å². The Hall–Kier alpha value is -2.42. The highest BCUT2D eigenvalue weighted by molar-refractivity contribution is 5.94. The van der Waals surface area contributed by atoms with Crippen molar-refractivity contribution in [2.75, 3.05) is 32.8 Å². The van der Waals surface area contributed by atoms with Crippen molar-refractivity contribution >= 4 is 24.3 Å². The first-order valence-electron chi connectivity index (χ1n) is 9.00. The molecule has 0 unspecified atom stereocenters. The molecule has 0 bridgehead atoms. The molecule has 2 aromatic rings. The van der Waals surface area contributed by atoms with E-state index in [-0.39, 0.29) is 23.9 Å². The van der Waals surface area contributed by atoms with Gasteiger partial charge in [-0.2, -0.15) is 8.78 Å². The molecule has 1 saturated heterocycles. The standard InChI is InChI=1S/C21H19F4NO3.ClH/c1-13(27)14-4-6-15(7-5-14)29-21-19(24)17(22)16(18(23)20(21)25)3-2-8-26-9-11-28-12-10-26;/h2-7H,8-12H2,1H3;1H. The summed E-state index contributed by atoms with van der Waals surface area (Å²) in [6, 6.07) is 5.31. The highest BCUT2D eigenvalue weighted by Gasteiger charge is 2.26. The number of halogens is 5. The van der Waals surface area contributed by atoms with Crippen LogP contribution in [0.15, 0.2) is 30.3 Å². The number of morpholine rings is 1. The van der Waals surface area contributed by atoms with Gasteiger partial charge in [-0.25, -0.2) is 8.78 Å². The summed E-state index contributed by atoms with van der Waals surface area (Å²) in [7, 11) is 0. The third-order valence-electron chi connectivity index (χ3n) is 4.49. The van der Waals surface area contributed by atoms with Crippen LogP contribution in [0.2, 0.25) is 0 Å². The summed E-state index contributed by atoms with van der Waals surface area (Å²) in [6.07, 6.45) is 2.45. The lowest BCUT2D eigenvalue weighted by Gasteiger charge is -2.25. The van der Waals surface area contributed by atoms with Crippen LogP contribution in [-0.2, 0) is 4.74 Å². The Morgan fingerprint density at radius 2 is 1.60 bits per heavy atom. The molecule has 9 heteroatoms. The van der Waals surface area contributed by atoms with Crippen LogP contribution in [0.25, 0.3) is 6.08 Å². The summed E-state index contributed by atoms with van der Waals surface area (Å²) in [5, 5.41) is 0. The number of nitrogens with zero attached hydrogens (tertiary/aromatic N) is 1. The second-order valence-corrected chi connectivity index (χ2v) is 6.50. The molecule has 1 fully saturated rings. The van der Waals surface area contributed by atoms with Gasteiger partial charge in [-0.3, -0.25) is 9.69 Å². The third-order valence-corrected chi connectivity index (χ3v) is 4.49. The van der Waals surface area contributed by atoms with E-state index in [2.05, 4.69) is 0 Å². The molecule has 1 aliphatic rings. The molecule has 0 aromatic heterocycles. The van der Waals surface area contributed by atoms with Crippen LogP contribution in [0.5, 0.6) is 11.5 Å². The van der Waals surface area contributed by atoms with Crippen LogP contribution in [-0.4, -0.2) is 43.5 Å².